The van der Waals surface area contributed by atoms with Crippen LogP contribution in [-0.4, -0.2) is 38.7 Å². The first-order chi connectivity index (χ1) is 18.9. The van der Waals surface area contributed by atoms with E-state index in [1.54, 1.807) is 31.4 Å². The third kappa shape index (κ3) is 7.34. The first kappa shape index (κ1) is 31.0. The smallest absolute Gasteiger partial charge is 0.253 e. The summed E-state index contributed by atoms with van der Waals surface area (Å²) in [5.41, 5.74) is 3.73. The molecule has 10 heteroatoms. The quantitative estimate of drug-likeness (QED) is 0.115. The van der Waals surface area contributed by atoms with Crippen molar-refractivity contribution in [3.8, 4) is 5.75 Å². The van der Waals surface area contributed by atoms with Crippen LogP contribution in [0, 0.1) is 0 Å². The van der Waals surface area contributed by atoms with Gasteiger partial charge in [-0.15, -0.1) is 12.4 Å². The van der Waals surface area contributed by atoms with E-state index in [-0.39, 0.29) is 24.1 Å². The Morgan fingerprint density at radius 2 is 1.68 bits per heavy atom. The fourth-order valence-corrected chi connectivity index (χ4v) is 5.64. The van der Waals surface area contributed by atoms with E-state index in [4.69, 9.17) is 9.72 Å². The van der Waals surface area contributed by atoms with E-state index in [0.717, 1.165) is 47.7 Å². The van der Waals surface area contributed by atoms with Crippen molar-refractivity contribution in [2.24, 2.45) is 0 Å². The number of hydrogen-bond donors (Lipinski definition) is 3. The fraction of sp³-hybridized carbons (Fsp3) is 0.333. The molecular weight excluding hydrogens is 548 g/mol. The Kier molecular flexibility index (Phi) is 11.0. The molecule has 1 aromatic heterocycles. The Labute approximate surface area is 242 Å². The minimum Gasteiger partial charge on any atom is -0.494 e. The van der Waals surface area contributed by atoms with E-state index in [2.05, 4.69) is 22.3 Å². The summed E-state index contributed by atoms with van der Waals surface area (Å²) >= 11 is 0. The summed E-state index contributed by atoms with van der Waals surface area (Å²) in [5.74, 6) is 0.397. The maximum Gasteiger partial charge on any atom is 0.253 e. The highest BCUT2D eigenvalue weighted by Gasteiger charge is 2.18. The topological polar surface area (TPSA) is 109 Å². The van der Waals surface area contributed by atoms with E-state index in [0.29, 0.717) is 41.2 Å². The minimum atomic E-state index is -3.45. The molecule has 1 amide bonds. The van der Waals surface area contributed by atoms with Crippen LogP contribution in [0.5, 0.6) is 5.75 Å². The fourth-order valence-electron chi connectivity index (χ4n) is 4.47. The second kappa shape index (κ2) is 14.2. The van der Waals surface area contributed by atoms with Gasteiger partial charge >= 0.3 is 0 Å². The molecule has 3 aromatic carbocycles. The Hall–Kier alpha value is -3.56. The van der Waals surface area contributed by atoms with Crippen LogP contribution in [0.4, 0.5) is 17.1 Å². The lowest BCUT2D eigenvalue weighted by molar-refractivity contribution is 0.0954. The SMILES string of the molecule is CCCCCS(=O)(=O)Nc1ccc(Nc2c3ccccc3nc3c(C(=O)NCCCC)cccc23)c(OC)c1.Cl. The lowest BCUT2D eigenvalue weighted by Gasteiger charge is -2.18. The van der Waals surface area contributed by atoms with Crippen molar-refractivity contribution in [2.75, 3.05) is 29.4 Å². The largest absolute Gasteiger partial charge is 0.494 e. The van der Waals surface area contributed by atoms with Gasteiger partial charge in [0.1, 0.15) is 5.75 Å². The van der Waals surface area contributed by atoms with Crippen LogP contribution in [0.3, 0.4) is 0 Å². The third-order valence-corrected chi connectivity index (χ3v) is 7.90. The zero-order valence-corrected chi connectivity index (χ0v) is 24.8. The summed E-state index contributed by atoms with van der Waals surface area (Å²) in [6.45, 7) is 4.73. The molecule has 0 saturated heterocycles. The number of hydrogen-bond acceptors (Lipinski definition) is 6. The lowest BCUT2D eigenvalue weighted by Crippen LogP contribution is -2.24. The van der Waals surface area contributed by atoms with Crippen LogP contribution >= 0.6 is 12.4 Å². The number of ether oxygens (including phenoxy) is 1. The number of pyridine rings is 1. The summed E-state index contributed by atoms with van der Waals surface area (Å²) < 4.78 is 33.3. The van der Waals surface area contributed by atoms with Crippen LogP contribution < -0.4 is 20.1 Å². The number of anilines is 3. The number of unbranched alkanes of at least 4 members (excludes halogenated alkanes) is 3. The zero-order valence-electron chi connectivity index (χ0n) is 23.1. The monoisotopic (exact) mass is 584 g/mol. The predicted molar refractivity (Wildman–Crippen MR) is 167 cm³/mol. The molecule has 214 valence electrons. The second-order valence-electron chi connectivity index (χ2n) is 9.48. The first-order valence-electron chi connectivity index (χ1n) is 13.4. The van der Waals surface area contributed by atoms with Gasteiger partial charge in [-0.05, 0) is 37.1 Å². The average molecular weight is 585 g/mol. The van der Waals surface area contributed by atoms with Gasteiger partial charge in [0.2, 0.25) is 10.0 Å². The molecule has 0 spiro atoms. The third-order valence-electron chi connectivity index (χ3n) is 6.52. The van der Waals surface area contributed by atoms with Gasteiger partial charge < -0.3 is 15.4 Å². The van der Waals surface area contributed by atoms with Gasteiger partial charge in [0.15, 0.2) is 0 Å². The number of sulfonamides is 1. The molecule has 0 aliphatic carbocycles. The van der Waals surface area contributed by atoms with Crippen molar-refractivity contribution in [3.05, 3.63) is 66.2 Å². The summed E-state index contributed by atoms with van der Waals surface area (Å²) in [7, 11) is -1.91. The number of carbonyl (C=O) groups is 1. The Balaban J connectivity index is 0.00000441. The molecular formula is C30H37ClN4O4S. The van der Waals surface area contributed by atoms with Crippen molar-refractivity contribution in [2.45, 2.75) is 46.0 Å². The number of halogens is 1. The van der Waals surface area contributed by atoms with Crippen LogP contribution in [-0.2, 0) is 10.0 Å². The maximum absolute atomic E-state index is 13.0. The van der Waals surface area contributed by atoms with E-state index < -0.39 is 10.0 Å². The summed E-state index contributed by atoms with van der Waals surface area (Å²) in [6, 6.07) is 18.5. The summed E-state index contributed by atoms with van der Waals surface area (Å²) in [4.78, 5) is 17.9. The van der Waals surface area contributed by atoms with Gasteiger partial charge in [-0.25, -0.2) is 13.4 Å². The van der Waals surface area contributed by atoms with E-state index in [9.17, 15) is 13.2 Å². The number of nitrogens with zero attached hydrogens (tertiary/aromatic N) is 1. The molecule has 1 heterocycles. The molecule has 0 atom stereocenters. The van der Waals surface area contributed by atoms with Crippen LogP contribution in [0.2, 0.25) is 0 Å². The molecule has 0 unspecified atom stereocenters. The summed E-state index contributed by atoms with van der Waals surface area (Å²) in [6.07, 6.45) is 4.33. The molecule has 0 aliphatic rings. The van der Waals surface area contributed by atoms with Gasteiger partial charge in [-0.2, -0.15) is 0 Å². The van der Waals surface area contributed by atoms with E-state index >= 15 is 0 Å². The van der Waals surface area contributed by atoms with Crippen LogP contribution in [0.25, 0.3) is 21.8 Å². The first-order valence-corrected chi connectivity index (χ1v) is 15.1. The molecule has 8 nitrogen and oxygen atoms in total. The molecule has 4 rings (SSSR count). The second-order valence-corrected chi connectivity index (χ2v) is 11.3. The molecule has 3 N–H and O–H groups in total. The van der Waals surface area contributed by atoms with Gasteiger partial charge in [-0.1, -0.05) is 63.4 Å². The van der Waals surface area contributed by atoms with Gasteiger partial charge in [0.25, 0.3) is 5.91 Å². The average Bonchev–Trinajstić information content (AvgIpc) is 2.93. The number of methoxy groups -OCH3 is 1. The number of nitrogens with one attached hydrogen (secondary N) is 3. The lowest BCUT2D eigenvalue weighted by atomic mass is 10.0. The van der Waals surface area contributed by atoms with Crippen molar-refractivity contribution in [3.63, 3.8) is 0 Å². The van der Waals surface area contributed by atoms with Gasteiger partial charge in [-0.3, -0.25) is 9.52 Å². The number of fused-ring (bicyclic) bond motifs is 2. The number of para-hydroxylation sites is 2. The minimum absolute atomic E-state index is 0. The van der Waals surface area contributed by atoms with Crippen molar-refractivity contribution < 1.29 is 17.9 Å². The van der Waals surface area contributed by atoms with E-state index in [1.165, 1.54) is 0 Å². The molecule has 0 aliphatic heterocycles. The normalized spacial score (nSPS) is 11.2. The van der Waals surface area contributed by atoms with Gasteiger partial charge in [0.05, 0.1) is 46.5 Å². The van der Waals surface area contributed by atoms with Crippen molar-refractivity contribution in [1.82, 2.24) is 10.3 Å². The highest BCUT2D eigenvalue weighted by Crippen LogP contribution is 2.38. The van der Waals surface area contributed by atoms with E-state index in [1.807, 2.05) is 43.3 Å². The van der Waals surface area contributed by atoms with Crippen LogP contribution in [0.15, 0.2) is 60.7 Å². The number of aromatic nitrogens is 1. The molecule has 0 fully saturated rings. The molecule has 40 heavy (non-hydrogen) atoms. The standard InChI is InChI=1S/C30H36N4O4S.ClH/c1-4-6-10-19-39(36,37)34-21-16-17-26(27(20-21)38-3)33-28-22-12-8-9-15-25(22)32-29-23(28)13-11-14-24(29)30(35)31-18-7-5-2;/h8-9,11-17,20,34H,4-7,10,18-19H2,1-3H3,(H,31,35)(H,32,33);1H. The van der Waals surface area contributed by atoms with Crippen molar-refractivity contribution in [1.29, 1.82) is 0 Å². The number of benzene rings is 3. The number of rotatable bonds is 13. The molecule has 0 bridgehead atoms. The maximum atomic E-state index is 13.0. The molecule has 0 radical (unpaired) electrons. The highest BCUT2D eigenvalue weighted by atomic mass is 35.5. The Morgan fingerprint density at radius 3 is 2.42 bits per heavy atom. The number of carbonyl (C=O) groups excluding carboxylic acids is 1. The molecule has 0 saturated carbocycles. The van der Waals surface area contributed by atoms with Gasteiger partial charge in [0, 0.05) is 23.4 Å². The summed E-state index contributed by atoms with van der Waals surface area (Å²) in [5, 5.41) is 8.16. The predicted octanol–water partition coefficient (Wildman–Crippen LogP) is 7.02. The molecule has 4 aromatic rings. The Morgan fingerprint density at radius 1 is 0.925 bits per heavy atom. The highest BCUT2D eigenvalue weighted by molar-refractivity contribution is 7.92. The van der Waals surface area contributed by atoms with Crippen LogP contribution in [0.1, 0.15) is 56.3 Å². The Bertz CT molecular complexity index is 1580. The zero-order chi connectivity index (χ0) is 27.8. The number of amides is 1. The van der Waals surface area contributed by atoms with Crippen molar-refractivity contribution >= 4 is 67.2 Å².